The van der Waals surface area contributed by atoms with Gasteiger partial charge in [-0.3, -0.25) is 0 Å². The van der Waals surface area contributed by atoms with Gasteiger partial charge in [-0.15, -0.1) is 11.8 Å². The summed E-state index contributed by atoms with van der Waals surface area (Å²) < 4.78 is 0. The highest BCUT2D eigenvalue weighted by atomic mass is 32.2. The number of aromatic nitrogens is 2. The summed E-state index contributed by atoms with van der Waals surface area (Å²) in [5.41, 5.74) is 2.41. The Balaban J connectivity index is 1.99. The van der Waals surface area contributed by atoms with E-state index in [1.54, 1.807) is 12.4 Å². The molecule has 1 N–H and O–H groups in total. The Morgan fingerprint density at radius 3 is 3.17 bits per heavy atom. The SMILES string of the molecule is N#CC(c1ccc2c(c1)CCCS2)c1ncc[nH]1. The topological polar surface area (TPSA) is 52.5 Å². The van der Waals surface area contributed by atoms with Crippen LogP contribution in [0.1, 0.15) is 29.3 Å². The number of thioether (sulfide) groups is 1. The van der Waals surface area contributed by atoms with Crippen LogP contribution in [0.5, 0.6) is 0 Å². The number of hydrogen-bond donors (Lipinski definition) is 1. The van der Waals surface area contributed by atoms with Crippen molar-refractivity contribution in [2.75, 3.05) is 5.75 Å². The number of rotatable bonds is 2. The van der Waals surface area contributed by atoms with Gasteiger partial charge in [-0.1, -0.05) is 12.1 Å². The van der Waals surface area contributed by atoms with Crippen LogP contribution in [0, 0.1) is 11.3 Å². The maximum atomic E-state index is 9.34. The summed E-state index contributed by atoms with van der Waals surface area (Å²) in [7, 11) is 0. The van der Waals surface area contributed by atoms with Gasteiger partial charge in [0.05, 0.1) is 6.07 Å². The first kappa shape index (κ1) is 11.4. The summed E-state index contributed by atoms with van der Waals surface area (Å²) >= 11 is 1.91. The fraction of sp³-hybridized carbons (Fsp3) is 0.286. The summed E-state index contributed by atoms with van der Waals surface area (Å²) in [6.07, 6.45) is 5.79. The van der Waals surface area contributed by atoms with Crippen LogP contribution in [0.3, 0.4) is 0 Å². The summed E-state index contributed by atoms with van der Waals surface area (Å²) in [6, 6.07) is 8.68. The lowest BCUT2D eigenvalue weighted by Gasteiger charge is -2.17. The number of nitrogens with zero attached hydrogens (tertiary/aromatic N) is 2. The number of aryl methyl sites for hydroxylation is 1. The van der Waals surface area contributed by atoms with Crippen molar-refractivity contribution in [3.8, 4) is 6.07 Å². The van der Waals surface area contributed by atoms with E-state index < -0.39 is 0 Å². The van der Waals surface area contributed by atoms with E-state index in [1.165, 1.54) is 22.6 Å². The fourth-order valence-corrected chi connectivity index (χ4v) is 3.31. The van der Waals surface area contributed by atoms with Crippen LogP contribution in [0.2, 0.25) is 0 Å². The van der Waals surface area contributed by atoms with Gasteiger partial charge in [-0.2, -0.15) is 5.26 Å². The standard InChI is InChI=1S/C14H13N3S/c15-9-12(14-16-5-6-17-14)10-3-4-13-11(8-10)2-1-7-18-13/h3-6,8,12H,1-2,7H2,(H,16,17). The molecule has 1 atom stereocenters. The monoisotopic (exact) mass is 255 g/mol. The molecule has 1 aromatic carbocycles. The molecular weight excluding hydrogens is 242 g/mol. The van der Waals surface area contributed by atoms with Crippen LogP contribution < -0.4 is 0 Å². The average molecular weight is 255 g/mol. The Labute approximate surface area is 110 Å². The highest BCUT2D eigenvalue weighted by molar-refractivity contribution is 7.99. The maximum Gasteiger partial charge on any atom is 0.129 e. The van der Waals surface area contributed by atoms with Gasteiger partial charge in [0, 0.05) is 17.3 Å². The van der Waals surface area contributed by atoms with Crippen LogP contribution >= 0.6 is 11.8 Å². The molecule has 3 nitrogen and oxygen atoms in total. The van der Waals surface area contributed by atoms with Crippen molar-refractivity contribution >= 4 is 11.8 Å². The zero-order valence-electron chi connectivity index (χ0n) is 9.89. The second-order valence-corrected chi connectivity index (χ2v) is 5.49. The van der Waals surface area contributed by atoms with Gasteiger partial charge in [-0.25, -0.2) is 4.98 Å². The normalized spacial score (nSPS) is 15.7. The molecule has 3 rings (SSSR count). The Bertz CT molecular complexity index is 584. The van der Waals surface area contributed by atoms with Gasteiger partial charge in [0.15, 0.2) is 0 Å². The number of hydrogen-bond acceptors (Lipinski definition) is 3. The molecule has 18 heavy (non-hydrogen) atoms. The molecule has 0 amide bonds. The largest absolute Gasteiger partial charge is 0.347 e. The molecule has 0 saturated carbocycles. The Morgan fingerprint density at radius 1 is 1.44 bits per heavy atom. The summed E-state index contributed by atoms with van der Waals surface area (Å²) in [5, 5.41) is 9.34. The van der Waals surface area contributed by atoms with E-state index in [2.05, 4.69) is 28.2 Å². The van der Waals surface area contributed by atoms with E-state index in [-0.39, 0.29) is 5.92 Å². The van der Waals surface area contributed by atoms with Gasteiger partial charge in [0.2, 0.25) is 0 Å². The molecular formula is C14H13N3S. The molecule has 0 fully saturated rings. The average Bonchev–Trinajstić information content (AvgIpc) is 2.93. The molecule has 0 radical (unpaired) electrons. The summed E-state index contributed by atoms with van der Waals surface area (Å²) in [5.74, 6) is 1.63. The predicted molar refractivity (Wildman–Crippen MR) is 71.5 cm³/mol. The maximum absolute atomic E-state index is 9.34. The van der Waals surface area contributed by atoms with E-state index >= 15 is 0 Å². The number of H-pyrrole nitrogens is 1. The van der Waals surface area contributed by atoms with Gasteiger partial charge in [-0.05, 0) is 35.8 Å². The zero-order valence-corrected chi connectivity index (χ0v) is 10.7. The minimum absolute atomic E-state index is 0.294. The molecule has 90 valence electrons. The number of benzene rings is 1. The highest BCUT2D eigenvalue weighted by Crippen LogP contribution is 2.33. The van der Waals surface area contributed by atoms with Crippen molar-refractivity contribution in [2.24, 2.45) is 0 Å². The van der Waals surface area contributed by atoms with Crippen LogP contribution in [-0.2, 0) is 6.42 Å². The van der Waals surface area contributed by atoms with E-state index in [0.29, 0.717) is 0 Å². The van der Waals surface area contributed by atoms with Crippen LogP contribution in [0.4, 0.5) is 0 Å². The van der Waals surface area contributed by atoms with Crippen LogP contribution in [-0.4, -0.2) is 15.7 Å². The van der Waals surface area contributed by atoms with Crippen LogP contribution in [0.15, 0.2) is 35.5 Å². The quantitative estimate of drug-likeness (QED) is 0.897. The number of fused-ring (bicyclic) bond motifs is 1. The molecule has 0 spiro atoms. The van der Waals surface area contributed by atoms with E-state index in [4.69, 9.17) is 0 Å². The number of nitriles is 1. The highest BCUT2D eigenvalue weighted by Gasteiger charge is 2.18. The molecule has 1 aliphatic rings. The predicted octanol–water partition coefficient (Wildman–Crippen LogP) is 3.10. The minimum Gasteiger partial charge on any atom is -0.347 e. The van der Waals surface area contributed by atoms with Crippen molar-refractivity contribution in [3.05, 3.63) is 47.5 Å². The van der Waals surface area contributed by atoms with Crippen molar-refractivity contribution < 1.29 is 0 Å². The van der Waals surface area contributed by atoms with Gasteiger partial charge in [0.1, 0.15) is 11.7 Å². The van der Waals surface area contributed by atoms with Gasteiger partial charge < -0.3 is 4.98 Å². The Hall–Kier alpha value is -1.73. The van der Waals surface area contributed by atoms with E-state index in [9.17, 15) is 5.26 Å². The third-order valence-corrected chi connectivity index (χ3v) is 4.39. The first-order valence-corrected chi connectivity index (χ1v) is 7.01. The molecule has 0 bridgehead atoms. The second-order valence-electron chi connectivity index (χ2n) is 4.36. The van der Waals surface area contributed by atoms with Gasteiger partial charge >= 0.3 is 0 Å². The van der Waals surface area contributed by atoms with E-state index in [1.807, 2.05) is 17.8 Å². The molecule has 4 heteroatoms. The smallest absolute Gasteiger partial charge is 0.129 e. The Kier molecular flexibility index (Phi) is 3.07. The molecule has 2 heterocycles. The Morgan fingerprint density at radius 2 is 2.39 bits per heavy atom. The van der Waals surface area contributed by atoms with Crippen molar-refractivity contribution in [2.45, 2.75) is 23.7 Å². The van der Waals surface area contributed by atoms with E-state index in [0.717, 1.165) is 17.8 Å². The molecule has 1 unspecified atom stereocenters. The summed E-state index contributed by atoms with van der Waals surface area (Å²) in [6.45, 7) is 0. The molecule has 1 aliphatic heterocycles. The van der Waals surface area contributed by atoms with Crippen molar-refractivity contribution in [3.63, 3.8) is 0 Å². The minimum atomic E-state index is -0.294. The molecule has 2 aromatic rings. The second kappa shape index (κ2) is 4.87. The third kappa shape index (κ3) is 2.02. The lowest BCUT2D eigenvalue weighted by atomic mass is 9.96. The summed E-state index contributed by atoms with van der Waals surface area (Å²) in [4.78, 5) is 8.58. The lowest BCUT2D eigenvalue weighted by Crippen LogP contribution is -2.04. The first-order valence-electron chi connectivity index (χ1n) is 6.03. The number of aromatic amines is 1. The zero-order chi connectivity index (χ0) is 12.4. The lowest BCUT2D eigenvalue weighted by molar-refractivity contribution is 0.870. The third-order valence-electron chi connectivity index (χ3n) is 3.19. The van der Waals surface area contributed by atoms with Crippen molar-refractivity contribution in [1.29, 1.82) is 5.26 Å². The van der Waals surface area contributed by atoms with Gasteiger partial charge in [0.25, 0.3) is 0 Å². The first-order chi connectivity index (χ1) is 8.88. The van der Waals surface area contributed by atoms with Crippen LogP contribution in [0.25, 0.3) is 0 Å². The number of nitrogens with one attached hydrogen (secondary N) is 1. The van der Waals surface area contributed by atoms with Crippen molar-refractivity contribution in [1.82, 2.24) is 9.97 Å². The molecule has 0 aliphatic carbocycles. The number of imidazole rings is 1. The molecule has 0 saturated heterocycles. The fourth-order valence-electron chi connectivity index (χ4n) is 2.29. The molecule has 1 aromatic heterocycles.